The van der Waals surface area contributed by atoms with Crippen molar-refractivity contribution < 1.29 is 24.2 Å². The van der Waals surface area contributed by atoms with Crippen LogP contribution < -0.4 is 5.32 Å². The third kappa shape index (κ3) is 3.87. The van der Waals surface area contributed by atoms with E-state index in [0.717, 1.165) is 5.56 Å². The number of aromatic carboxylic acids is 1. The van der Waals surface area contributed by atoms with E-state index in [9.17, 15) is 14.7 Å². The van der Waals surface area contributed by atoms with E-state index < -0.39 is 11.9 Å². The molecule has 0 atom stereocenters. The standard InChI is InChI=1S/C19H15NO5/c21-16-8-6-13(11-15(16)19(23)24)20-18(22)17-9-7-14(25-17)10-12-4-2-1-3-5-12/h1-9,11,21H,10H2,(H,20,22)(H,23,24). The Morgan fingerprint density at radius 1 is 1.00 bits per heavy atom. The third-order valence-electron chi connectivity index (χ3n) is 3.59. The molecular formula is C19H15NO5. The molecule has 0 aliphatic rings. The van der Waals surface area contributed by atoms with Gasteiger partial charge in [0.2, 0.25) is 0 Å². The molecule has 3 N–H and O–H groups in total. The monoisotopic (exact) mass is 337 g/mol. The molecule has 0 saturated carbocycles. The second-order valence-electron chi connectivity index (χ2n) is 5.42. The molecule has 0 bridgehead atoms. The van der Waals surface area contributed by atoms with Crippen LogP contribution in [0.15, 0.2) is 65.1 Å². The zero-order chi connectivity index (χ0) is 17.8. The Morgan fingerprint density at radius 3 is 2.48 bits per heavy atom. The molecule has 1 heterocycles. The van der Waals surface area contributed by atoms with Crippen LogP contribution in [0.3, 0.4) is 0 Å². The van der Waals surface area contributed by atoms with Gasteiger partial charge in [-0.1, -0.05) is 30.3 Å². The number of furan rings is 1. The number of anilines is 1. The summed E-state index contributed by atoms with van der Waals surface area (Å²) in [5.74, 6) is -1.38. The smallest absolute Gasteiger partial charge is 0.339 e. The SMILES string of the molecule is O=C(Nc1ccc(O)c(C(=O)O)c1)c1ccc(Cc2ccccc2)o1. The third-order valence-corrected chi connectivity index (χ3v) is 3.59. The molecule has 6 nitrogen and oxygen atoms in total. The van der Waals surface area contributed by atoms with Gasteiger partial charge < -0.3 is 19.9 Å². The first kappa shape index (κ1) is 16.3. The van der Waals surface area contributed by atoms with E-state index in [1.54, 1.807) is 12.1 Å². The van der Waals surface area contributed by atoms with Crippen molar-refractivity contribution in [3.05, 3.63) is 83.3 Å². The summed E-state index contributed by atoms with van der Waals surface area (Å²) in [4.78, 5) is 23.2. The summed E-state index contributed by atoms with van der Waals surface area (Å²) < 4.78 is 5.55. The molecule has 126 valence electrons. The van der Waals surface area contributed by atoms with E-state index in [1.807, 2.05) is 30.3 Å². The van der Waals surface area contributed by atoms with Crippen LogP contribution in [-0.2, 0) is 6.42 Å². The molecule has 3 rings (SSSR count). The predicted octanol–water partition coefficient (Wildman–Crippen LogP) is 3.53. The van der Waals surface area contributed by atoms with Gasteiger partial charge in [-0.15, -0.1) is 0 Å². The van der Waals surface area contributed by atoms with Gasteiger partial charge in [-0.2, -0.15) is 0 Å². The molecule has 0 aliphatic heterocycles. The Balaban J connectivity index is 1.72. The Morgan fingerprint density at radius 2 is 1.76 bits per heavy atom. The lowest BCUT2D eigenvalue weighted by Crippen LogP contribution is -2.11. The van der Waals surface area contributed by atoms with Gasteiger partial charge in [0.1, 0.15) is 17.1 Å². The largest absolute Gasteiger partial charge is 0.507 e. The van der Waals surface area contributed by atoms with E-state index in [-0.39, 0.29) is 22.8 Å². The Hall–Kier alpha value is -3.54. The van der Waals surface area contributed by atoms with E-state index >= 15 is 0 Å². The number of benzene rings is 2. The van der Waals surface area contributed by atoms with Crippen LogP contribution in [0.4, 0.5) is 5.69 Å². The maximum atomic E-state index is 12.2. The highest BCUT2D eigenvalue weighted by molar-refractivity contribution is 6.03. The lowest BCUT2D eigenvalue weighted by atomic mass is 10.1. The summed E-state index contributed by atoms with van der Waals surface area (Å²) in [7, 11) is 0. The Kier molecular flexibility index (Phi) is 4.52. The summed E-state index contributed by atoms with van der Waals surface area (Å²) in [5.41, 5.74) is 1.02. The number of carboxylic acids is 1. The highest BCUT2D eigenvalue weighted by atomic mass is 16.4. The van der Waals surface area contributed by atoms with Crippen molar-refractivity contribution in [1.29, 1.82) is 0 Å². The summed E-state index contributed by atoms with van der Waals surface area (Å²) in [6.45, 7) is 0. The maximum absolute atomic E-state index is 12.2. The van der Waals surface area contributed by atoms with E-state index in [0.29, 0.717) is 12.2 Å². The van der Waals surface area contributed by atoms with Crippen LogP contribution in [0.2, 0.25) is 0 Å². The molecule has 0 saturated heterocycles. The molecule has 3 aromatic rings. The fourth-order valence-corrected chi connectivity index (χ4v) is 2.37. The second-order valence-corrected chi connectivity index (χ2v) is 5.42. The molecule has 0 unspecified atom stereocenters. The first-order valence-corrected chi connectivity index (χ1v) is 7.53. The van der Waals surface area contributed by atoms with Crippen molar-refractivity contribution in [3.8, 4) is 5.75 Å². The lowest BCUT2D eigenvalue weighted by Gasteiger charge is -2.06. The van der Waals surface area contributed by atoms with Gasteiger partial charge in [0.25, 0.3) is 5.91 Å². The fraction of sp³-hybridized carbons (Fsp3) is 0.0526. The number of carboxylic acid groups (broad SMARTS) is 1. The molecule has 6 heteroatoms. The normalized spacial score (nSPS) is 10.4. The van der Waals surface area contributed by atoms with Crippen LogP contribution in [0.25, 0.3) is 0 Å². The van der Waals surface area contributed by atoms with Gasteiger partial charge in [-0.3, -0.25) is 4.79 Å². The highest BCUT2D eigenvalue weighted by Crippen LogP contribution is 2.22. The van der Waals surface area contributed by atoms with Crippen LogP contribution in [0.5, 0.6) is 5.75 Å². The average Bonchev–Trinajstić information content (AvgIpc) is 3.06. The number of amides is 1. The summed E-state index contributed by atoms with van der Waals surface area (Å²) in [6.07, 6.45) is 0.566. The van der Waals surface area contributed by atoms with Crippen LogP contribution in [-0.4, -0.2) is 22.1 Å². The van der Waals surface area contributed by atoms with Crippen LogP contribution >= 0.6 is 0 Å². The van der Waals surface area contributed by atoms with Crippen molar-refractivity contribution >= 4 is 17.6 Å². The minimum Gasteiger partial charge on any atom is -0.507 e. The van der Waals surface area contributed by atoms with Gasteiger partial charge in [0, 0.05) is 12.1 Å². The van der Waals surface area contributed by atoms with Crippen LogP contribution in [0.1, 0.15) is 32.2 Å². The second kappa shape index (κ2) is 6.92. The minimum absolute atomic E-state index is 0.121. The number of phenols is 1. The number of rotatable bonds is 5. The quantitative estimate of drug-likeness (QED) is 0.619. The lowest BCUT2D eigenvalue weighted by molar-refractivity contribution is 0.0693. The van der Waals surface area contributed by atoms with E-state index in [2.05, 4.69) is 5.32 Å². The van der Waals surface area contributed by atoms with Crippen molar-refractivity contribution in [2.75, 3.05) is 5.32 Å². The zero-order valence-corrected chi connectivity index (χ0v) is 13.1. The summed E-state index contributed by atoms with van der Waals surface area (Å²) >= 11 is 0. The fourth-order valence-electron chi connectivity index (χ4n) is 2.37. The van der Waals surface area contributed by atoms with Gasteiger partial charge in [-0.05, 0) is 35.9 Å². The Bertz CT molecular complexity index is 915. The minimum atomic E-state index is -1.28. The summed E-state index contributed by atoms with van der Waals surface area (Å²) in [5, 5.41) is 21.0. The average molecular weight is 337 g/mol. The predicted molar refractivity (Wildman–Crippen MR) is 91.0 cm³/mol. The van der Waals surface area contributed by atoms with Gasteiger partial charge >= 0.3 is 5.97 Å². The Labute approximate surface area is 143 Å². The first-order valence-electron chi connectivity index (χ1n) is 7.53. The molecule has 25 heavy (non-hydrogen) atoms. The van der Waals surface area contributed by atoms with Gasteiger partial charge in [0.05, 0.1) is 0 Å². The number of aromatic hydroxyl groups is 1. The van der Waals surface area contributed by atoms with E-state index in [4.69, 9.17) is 9.52 Å². The number of nitrogens with one attached hydrogen (secondary N) is 1. The molecule has 0 fully saturated rings. The van der Waals surface area contributed by atoms with Crippen LogP contribution in [0, 0.1) is 0 Å². The number of carbonyl (C=O) groups is 2. The highest BCUT2D eigenvalue weighted by Gasteiger charge is 2.15. The number of hydrogen-bond donors (Lipinski definition) is 3. The summed E-state index contributed by atoms with van der Waals surface area (Å²) in [6, 6.07) is 16.8. The molecular weight excluding hydrogens is 322 g/mol. The van der Waals surface area contributed by atoms with Gasteiger partial charge in [-0.25, -0.2) is 4.79 Å². The molecule has 2 aromatic carbocycles. The first-order chi connectivity index (χ1) is 12.0. The number of hydrogen-bond acceptors (Lipinski definition) is 4. The molecule has 0 radical (unpaired) electrons. The van der Waals surface area contributed by atoms with E-state index in [1.165, 1.54) is 18.2 Å². The molecule has 0 spiro atoms. The topological polar surface area (TPSA) is 99.8 Å². The molecule has 1 aromatic heterocycles. The maximum Gasteiger partial charge on any atom is 0.339 e. The zero-order valence-electron chi connectivity index (χ0n) is 13.1. The van der Waals surface area contributed by atoms with Crippen molar-refractivity contribution in [2.24, 2.45) is 0 Å². The molecule has 0 aliphatic carbocycles. The number of carbonyl (C=O) groups excluding carboxylic acids is 1. The van der Waals surface area contributed by atoms with Crippen molar-refractivity contribution in [1.82, 2.24) is 0 Å². The molecule has 1 amide bonds. The van der Waals surface area contributed by atoms with Crippen molar-refractivity contribution in [2.45, 2.75) is 6.42 Å². The van der Waals surface area contributed by atoms with Crippen molar-refractivity contribution in [3.63, 3.8) is 0 Å². The van der Waals surface area contributed by atoms with Gasteiger partial charge in [0.15, 0.2) is 5.76 Å².